The van der Waals surface area contributed by atoms with Gasteiger partial charge in [0.2, 0.25) is 0 Å². The molecule has 0 spiro atoms. The fourth-order valence-electron chi connectivity index (χ4n) is 1.47. The van der Waals surface area contributed by atoms with E-state index in [1.807, 2.05) is 0 Å². The summed E-state index contributed by atoms with van der Waals surface area (Å²) in [6.07, 6.45) is -4.66. The summed E-state index contributed by atoms with van der Waals surface area (Å²) < 4.78 is 62.3. The molecule has 1 aromatic rings. The Balaban J connectivity index is 3.22. The summed E-state index contributed by atoms with van der Waals surface area (Å²) in [6.45, 7) is -1.27. The standard InChI is InChI=1S/C11H11F4NO4/c1-18-9(17)3-7-10(19-2)6(4-12)8(5-16-7)20-11(13,14)15/h5H,3-4H2,1-2H3. The average molecular weight is 297 g/mol. The number of nitrogens with zero attached hydrogens (tertiary/aromatic N) is 1. The van der Waals surface area contributed by atoms with E-state index in [0.29, 0.717) is 6.20 Å². The number of esters is 1. The van der Waals surface area contributed by atoms with Gasteiger partial charge in [-0.1, -0.05) is 0 Å². The molecule has 0 fully saturated rings. The Morgan fingerprint density at radius 3 is 2.45 bits per heavy atom. The fourth-order valence-corrected chi connectivity index (χ4v) is 1.47. The molecular formula is C11H11F4NO4. The summed E-state index contributed by atoms with van der Waals surface area (Å²) in [5.74, 6) is -1.78. The lowest BCUT2D eigenvalue weighted by Gasteiger charge is -2.16. The first-order valence-electron chi connectivity index (χ1n) is 5.25. The first-order chi connectivity index (χ1) is 9.32. The van der Waals surface area contributed by atoms with E-state index in [0.717, 1.165) is 14.2 Å². The molecule has 0 aliphatic rings. The van der Waals surface area contributed by atoms with Crippen LogP contribution in [0.25, 0.3) is 0 Å². The number of aromatic nitrogens is 1. The number of methoxy groups -OCH3 is 2. The van der Waals surface area contributed by atoms with Gasteiger partial charge in [-0.25, -0.2) is 4.39 Å². The molecule has 1 heterocycles. The maximum Gasteiger partial charge on any atom is 0.573 e. The molecule has 1 rings (SSSR count). The number of carbonyl (C=O) groups is 1. The minimum absolute atomic E-state index is 0.0403. The molecule has 1 aromatic heterocycles. The molecule has 0 aliphatic heterocycles. The zero-order chi connectivity index (χ0) is 15.3. The van der Waals surface area contributed by atoms with E-state index in [1.165, 1.54) is 0 Å². The Morgan fingerprint density at radius 2 is 2.00 bits per heavy atom. The fraction of sp³-hybridized carbons (Fsp3) is 0.455. The van der Waals surface area contributed by atoms with Crippen LogP contribution < -0.4 is 9.47 Å². The van der Waals surface area contributed by atoms with E-state index >= 15 is 0 Å². The summed E-state index contributed by atoms with van der Waals surface area (Å²) >= 11 is 0. The van der Waals surface area contributed by atoms with Gasteiger partial charge in [0.25, 0.3) is 0 Å². The summed E-state index contributed by atoms with van der Waals surface area (Å²) in [7, 11) is 2.25. The largest absolute Gasteiger partial charge is 0.573 e. The van der Waals surface area contributed by atoms with Crippen LogP contribution in [0.5, 0.6) is 11.5 Å². The van der Waals surface area contributed by atoms with Gasteiger partial charge in [-0.15, -0.1) is 13.2 Å². The van der Waals surface area contributed by atoms with Crippen LogP contribution in [0.2, 0.25) is 0 Å². The summed E-state index contributed by atoms with van der Waals surface area (Å²) in [6, 6.07) is 0. The molecule has 112 valence electrons. The SMILES string of the molecule is COC(=O)Cc1ncc(OC(F)(F)F)c(CF)c1OC. The minimum Gasteiger partial charge on any atom is -0.494 e. The van der Waals surface area contributed by atoms with Gasteiger partial charge in [-0.2, -0.15) is 0 Å². The lowest BCUT2D eigenvalue weighted by molar-refractivity contribution is -0.275. The van der Waals surface area contributed by atoms with Crippen LogP contribution in [0, 0.1) is 0 Å². The Hall–Kier alpha value is -2.06. The third kappa shape index (κ3) is 3.97. The molecule has 5 nitrogen and oxygen atoms in total. The molecule has 20 heavy (non-hydrogen) atoms. The Bertz CT molecular complexity index is 490. The Morgan fingerprint density at radius 1 is 1.35 bits per heavy atom. The third-order valence-corrected chi connectivity index (χ3v) is 2.27. The second-order valence-electron chi connectivity index (χ2n) is 3.52. The number of halogens is 4. The zero-order valence-corrected chi connectivity index (χ0v) is 10.6. The van der Waals surface area contributed by atoms with Gasteiger partial charge in [-0.3, -0.25) is 9.78 Å². The summed E-state index contributed by atoms with van der Waals surface area (Å²) in [5.41, 5.74) is -0.514. The molecule has 0 atom stereocenters. The van der Waals surface area contributed by atoms with Crippen LogP contribution in [0.1, 0.15) is 11.3 Å². The van der Waals surface area contributed by atoms with E-state index in [9.17, 15) is 22.4 Å². The van der Waals surface area contributed by atoms with Crippen molar-refractivity contribution in [3.8, 4) is 11.5 Å². The molecule has 0 amide bonds. The van der Waals surface area contributed by atoms with Crippen molar-refractivity contribution in [3.05, 3.63) is 17.5 Å². The third-order valence-electron chi connectivity index (χ3n) is 2.27. The second kappa shape index (κ2) is 6.40. The monoisotopic (exact) mass is 297 g/mol. The van der Waals surface area contributed by atoms with Gasteiger partial charge < -0.3 is 14.2 Å². The van der Waals surface area contributed by atoms with E-state index in [1.54, 1.807) is 0 Å². The Labute approximate surface area is 111 Å². The van der Waals surface area contributed by atoms with Crippen molar-refractivity contribution in [3.63, 3.8) is 0 Å². The van der Waals surface area contributed by atoms with Crippen LogP contribution in [0.4, 0.5) is 17.6 Å². The summed E-state index contributed by atoms with van der Waals surface area (Å²) in [5, 5.41) is 0. The molecule has 0 aromatic carbocycles. The lowest BCUT2D eigenvalue weighted by atomic mass is 10.1. The normalized spacial score (nSPS) is 11.1. The highest BCUT2D eigenvalue weighted by Gasteiger charge is 2.33. The van der Waals surface area contributed by atoms with Crippen LogP contribution >= 0.6 is 0 Å². The number of ether oxygens (including phenoxy) is 3. The van der Waals surface area contributed by atoms with Gasteiger partial charge >= 0.3 is 12.3 Å². The lowest BCUT2D eigenvalue weighted by Crippen LogP contribution is -2.19. The van der Waals surface area contributed by atoms with Crippen LogP contribution in [-0.2, 0) is 22.6 Å². The minimum atomic E-state index is -4.99. The molecule has 0 radical (unpaired) electrons. The number of carbonyl (C=O) groups excluding carboxylic acids is 1. The number of alkyl halides is 4. The van der Waals surface area contributed by atoms with Crippen LogP contribution in [0.3, 0.4) is 0 Å². The summed E-state index contributed by atoms with van der Waals surface area (Å²) in [4.78, 5) is 14.8. The van der Waals surface area contributed by atoms with Crippen molar-refractivity contribution in [2.75, 3.05) is 14.2 Å². The predicted octanol–water partition coefficient (Wildman–Crippen LogP) is 2.17. The Kier molecular flexibility index (Phi) is 5.12. The van der Waals surface area contributed by atoms with Crippen molar-refractivity contribution in [2.24, 2.45) is 0 Å². The average Bonchev–Trinajstić information content (AvgIpc) is 2.37. The van der Waals surface area contributed by atoms with E-state index < -0.39 is 30.3 Å². The second-order valence-corrected chi connectivity index (χ2v) is 3.52. The molecule has 0 unspecified atom stereocenters. The molecule has 9 heteroatoms. The topological polar surface area (TPSA) is 57.7 Å². The first-order valence-corrected chi connectivity index (χ1v) is 5.25. The van der Waals surface area contributed by atoms with Crippen molar-refractivity contribution in [2.45, 2.75) is 19.5 Å². The van der Waals surface area contributed by atoms with E-state index in [2.05, 4.69) is 14.5 Å². The number of pyridine rings is 1. The van der Waals surface area contributed by atoms with Crippen molar-refractivity contribution in [1.82, 2.24) is 4.98 Å². The smallest absolute Gasteiger partial charge is 0.494 e. The van der Waals surface area contributed by atoms with Gasteiger partial charge in [0.15, 0.2) is 11.5 Å². The van der Waals surface area contributed by atoms with E-state index in [4.69, 9.17) is 4.74 Å². The van der Waals surface area contributed by atoms with Gasteiger partial charge in [0, 0.05) is 0 Å². The zero-order valence-electron chi connectivity index (χ0n) is 10.6. The van der Waals surface area contributed by atoms with Gasteiger partial charge in [0.1, 0.15) is 6.67 Å². The molecule has 0 aliphatic carbocycles. The molecule has 0 saturated carbocycles. The van der Waals surface area contributed by atoms with Gasteiger partial charge in [-0.05, 0) is 0 Å². The molecule has 0 bridgehead atoms. The quantitative estimate of drug-likeness (QED) is 0.616. The highest BCUT2D eigenvalue weighted by atomic mass is 19.4. The number of hydrogen-bond donors (Lipinski definition) is 0. The number of rotatable bonds is 5. The molecule has 0 saturated heterocycles. The van der Waals surface area contributed by atoms with E-state index in [-0.39, 0.29) is 17.9 Å². The van der Waals surface area contributed by atoms with Crippen LogP contribution in [0.15, 0.2) is 6.20 Å². The van der Waals surface area contributed by atoms with Crippen molar-refractivity contribution in [1.29, 1.82) is 0 Å². The van der Waals surface area contributed by atoms with Gasteiger partial charge in [0.05, 0.1) is 38.1 Å². The first kappa shape index (κ1) is 16.0. The predicted molar refractivity (Wildman–Crippen MR) is 58.0 cm³/mol. The maximum atomic E-state index is 12.9. The maximum absolute atomic E-state index is 12.9. The number of hydrogen-bond acceptors (Lipinski definition) is 5. The van der Waals surface area contributed by atoms with Crippen LogP contribution in [-0.4, -0.2) is 31.5 Å². The highest BCUT2D eigenvalue weighted by molar-refractivity contribution is 5.73. The van der Waals surface area contributed by atoms with Crippen molar-refractivity contribution >= 4 is 5.97 Å². The molecule has 0 N–H and O–H groups in total. The molecular weight excluding hydrogens is 286 g/mol. The van der Waals surface area contributed by atoms with Crippen molar-refractivity contribution < 1.29 is 36.6 Å². The highest BCUT2D eigenvalue weighted by Crippen LogP contribution is 2.34.